The number of ether oxygens (including phenoxy) is 1. The minimum Gasteiger partial charge on any atom is -0.370 e. The number of amides is 1. The van der Waals surface area contributed by atoms with Gasteiger partial charge in [0.25, 0.3) is 5.91 Å². The average molecular weight is 369 g/mol. The largest absolute Gasteiger partial charge is 0.411 e. The third-order valence-corrected chi connectivity index (χ3v) is 5.18. The minimum absolute atomic E-state index is 0.181. The van der Waals surface area contributed by atoms with Crippen molar-refractivity contribution in [2.75, 3.05) is 13.2 Å². The summed E-state index contributed by atoms with van der Waals surface area (Å²) in [5, 5.41) is 2.69. The van der Waals surface area contributed by atoms with Crippen LogP contribution in [0.3, 0.4) is 0 Å². The quantitative estimate of drug-likeness (QED) is 0.857. The lowest BCUT2D eigenvalue weighted by molar-refractivity contribution is -0.174. The number of halogens is 3. The van der Waals surface area contributed by atoms with E-state index in [0.717, 1.165) is 28.8 Å². The summed E-state index contributed by atoms with van der Waals surface area (Å²) < 4.78 is 40.8. The molecule has 2 aromatic rings. The van der Waals surface area contributed by atoms with Gasteiger partial charge < -0.3 is 10.1 Å². The van der Waals surface area contributed by atoms with Crippen LogP contribution < -0.4 is 5.32 Å². The highest BCUT2D eigenvalue weighted by molar-refractivity contribution is 7.17. The predicted molar refractivity (Wildman–Crippen MR) is 91.0 cm³/mol. The van der Waals surface area contributed by atoms with E-state index in [-0.39, 0.29) is 12.5 Å². The molecule has 25 heavy (non-hydrogen) atoms. The van der Waals surface area contributed by atoms with Crippen LogP contribution in [0.4, 0.5) is 13.2 Å². The first-order chi connectivity index (χ1) is 11.8. The van der Waals surface area contributed by atoms with E-state index in [2.05, 4.69) is 22.2 Å². The Morgan fingerprint density at radius 3 is 2.76 bits per heavy atom. The number of carbonyl (C=O) groups excluding carboxylic acids is 1. The number of rotatable bonds is 5. The van der Waals surface area contributed by atoms with Crippen LogP contribution >= 0.6 is 11.3 Å². The molecule has 3 nitrogen and oxygen atoms in total. The van der Waals surface area contributed by atoms with Gasteiger partial charge in [-0.1, -0.05) is 24.3 Å². The van der Waals surface area contributed by atoms with Gasteiger partial charge in [0.15, 0.2) is 0 Å². The Balaban J connectivity index is 1.64. The fraction of sp³-hybridized carbons (Fsp3) is 0.389. The second kappa shape index (κ2) is 7.17. The normalized spacial score (nSPS) is 14.6. The number of alkyl halides is 3. The van der Waals surface area contributed by atoms with Gasteiger partial charge in [0.05, 0.1) is 11.5 Å². The van der Waals surface area contributed by atoms with Crippen LogP contribution in [0, 0.1) is 0 Å². The molecule has 0 spiro atoms. The molecular formula is C18H18F3NO2S. The molecule has 7 heteroatoms. The molecule has 134 valence electrons. The Labute approximate surface area is 147 Å². The van der Waals surface area contributed by atoms with Crippen molar-refractivity contribution in [3.8, 4) is 10.4 Å². The standard InChI is InChI=1S/C18H18F3NO2S/c1-11(9-24-10-18(19,20)21)22-17(23)15-8-13-7-6-12-4-2-3-5-14(12)16(13)25-15/h2-5,8,11H,6-7,9-10H2,1H3,(H,22,23). The van der Waals surface area contributed by atoms with Crippen LogP contribution in [0.15, 0.2) is 30.3 Å². The zero-order valence-electron chi connectivity index (χ0n) is 13.7. The Morgan fingerprint density at radius 1 is 1.28 bits per heavy atom. The molecule has 0 aliphatic heterocycles. The highest BCUT2D eigenvalue weighted by Gasteiger charge is 2.28. The van der Waals surface area contributed by atoms with Crippen molar-refractivity contribution in [2.45, 2.75) is 32.0 Å². The zero-order chi connectivity index (χ0) is 18.0. The summed E-state index contributed by atoms with van der Waals surface area (Å²) in [6, 6.07) is 9.52. The number of nitrogens with one attached hydrogen (secondary N) is 1. The molecule has 1 heterocycles. The van der Waals surface area contributed by atoms with Crippen LogP contribution in [-0.2, 0) is 17.6 Å². The number of hydrogen-bond donors (Lipinski definition) is 1. The molecule has 3 rings (SSSR count). The van der Waals surface area contributed by atoms with Crippen molar-refractivity contribution in [3.63, 3.8) is 0 Å². The summed E-state index contributed by atoms with van der Waals surface area (Å²) in [5.41, 5.74) is 3.59. The lowest BCUT2D eigenvalue weighted by Gasteiger charge is -2.15. The van der Waals surface area contributed by atoms with E-state index in [1.54, 1.807) is 6.92 Å². The van der Waals surface area contributed by atoms with Gasteiger partial charge in [-0.05, 0) is 42.5 Å². The summed E-state index contributed by atoms with van der Waals surface area (Å²) in [7, 11) is 0. The summed E-state index contributed by atoms with van der Waals surface area (Å²) in [6.45, 7) is 0.132. The molecule has 1 amide bonds. The first-order valence-electron chi connectivity index (χ1n) is 8.00. The fourth-order valence-corrected chi connectivity index (χ4v) is 4.05. The van der Waals surface area contributed by atoms with Crippen molar-refractivity contribution in [3.05, 3.63) is 46.3 Å². The fourth-order valence-electron chi connectivity index (χ4n) is 2.87. The van der Waals surface area contributed by atoms with Gasteiger partial charge in [-0.15, -0.1) is 11.3 Å². The molecule has 0 radical (unpaired) electrons. The Bertz CT molecular complexity index is 770. The topological polar surface area (TPSA) is 38.3 Å². The van der Waals surface area contributed by atoms with E-state index in [1.807, 2.05) is 18.2 Å². The molecule has 0 saturated carbocycles. The van der Waals surface area contributed by atoms with E-state index >= 15 is 0 Å². The highest BCUT2D eigenvalue weighted by atomic mass is 32.1. The summed E-state index contributed by atoms with van der Waals surface area (Å²) >= 11 is 1.42. The van der Waals surface area contributed by atoms with Crippen LogP contribution in [0.25, 0.3) is 10.4 Å². The number of aryl methyl sites for hydroxylation is 2. The van der Waals surface area contributed by atoms with Crippen LogP contribution in [0.2, 0.25) is 0 Å². The molecule has 1 aliphatic rings. The number of carbonyl (C=O) groups is 1. The van der Waals surface area contributed by atoms with Crippen molar-refractivity contribution < 1.29 is 22.7 Å². The Hall–Kier alpha value is -1.86. The molecular weight excluding hydrogens is 351 g/mol. The summed E-state index contributed by atoms with van der Waals surface area (Å²) in [4.78, 5) is 14.0. The van der Waals surface area contributed by atoms with Gasteiger partial charge in [0.2, 0.25) is 0 Å². The third-order valence-electron chi connectivity index (χ3n) is 3.97. The van der Waals surface area contributed by atoms with Crippen molar-refractivity contribution in [2.24, 2.45) is 0 Å². The van der Waals surface area contributed by atoms with Gasteiger partial charge in [0, 0.05) is 10.9 Å². The molecule has 0 bridgehead atoms. The molecule has 1 aromatic carbocycles. The van der Waals surface area contributed by atoms with E-state index in [4.69, 9.17) is 0 Å². The highest BCUT2D eigenvalue weighted by Crippen LogP contribution is 2.39. The van der Waals surface area contributed by atoms with E-state index in [0.29, 0.717) is 4.88 Å². The second-order valence-electron chi connectivity index (χ2n) is 6.13. The first-order valence-corrected chi connectivity index (χ1v) is 8.81. The van der Waals surface area contributed by atoms with Gasteiger partial charge >= 0.3 is 6.18 Å². The third kappa shape index (κ3) is 4.41. The molecule has 0 saturated heterocycles. The molecule has 1 atom stereocenters. The van der Waals surface area contributed by atoms with E-state index in [9.17, 15) is 18.0 Å². The van der Waals surface area contributed by atoms with Gasteiger partial charge in [-0.25, -0.2) is 0 Å². The second-order valence-corrected chi connectivity index (χ2v) is 7.18. The lowest BCUT2D eigenvalue weighted by Crippen LogP contribution is -2.36. The molecule has 1 aromatic heterocycles. The molecule has 0 fully saturated rings. The summed E-state index contributed by atoms with van der Waals surface area (Å²) in [6.07, 6.45) is -2.52. The Kier molecular flexibility index (Phi) is 5.15. The maximum Gasteiger partial charge on any atom is 0.411 e. The van der Waals surface area contributed by atoms with Crippen LogP contribution in [0.1, 0.15) is 27.7 Å². The number of fused-ring (bicyclic) bond motifs is 3. The average Bonchev–Trinajstić information content (AvgIpc) is 2.98. The van der Waals surface area contributed by atoms with Gasteiger partial charge in [-0.2, -0.15) is 13.2 Å². The molecule has 1 N–H and O–H groups in total. The van der Waals surface area contributed by atoms with Gasteiger partial charge in [-0.3, -0.25) is 4.79 Å². The first kappa shape index (κ1) is 17.9. The minimum atomic E-state index is -4.36. The molecule has 1 aliphatic carbocycles. The maximum atomic E-state index is 12.4. The monoisotopic (exact) mass is 369 g/mol. The maximum absolute atomic E-state index is 12.4. The van der Waals surface area contributed by atoms with Crippen molar-refractivity contribution in [1.82, 2.24) is 5.32 Å². The number of hydrogen-bond acceptors (Lipinski definition) is 3. The number of thiophene rings is 1. The van der Waals surface area contributed by atoms with E-state index in [1.165, 1.54) is 16.9 Å². The zero-order valence-corrected chi connectivity index (χ0v) is 14.5. The van der Waals surface area contributed by atoms with Crippen molar-refractivity contribution >= 4 is 17.2 Å². The van der Waals surface area contributed by atoms with Gasteiger partial charge in [0.1, 0.15) is 6.61 Å². The summed E-state index contributed by atoms with van der Waals surface area (Å²) in [5.74, 6) is -0.278. The van der Waals surface area contributed by atoms with E-state index < -0.39 is 18.8 Å². The molecule has 1 unspecified atom stereocenters. The van der Waals surface area contributed by atoms with Crippen LogP contribution in [0.5, 0.6) is 0 Å². The lowest BCUT2D eigenvalue weighted by atomic mass is 9.91. The number of benzene rings is 1. The Morgan fingerprint density at radius 2 is 2.00 bits per heavy atom. The van der Waals surface area contributed by atoms with Crippen molar-refractivity contribution in [1.29, 1.82) is 0 Å². The smallest absolute Gasteiger partial charge is 0.370 e. The SMILES string of the molecule is CC(COCC(F)(F)F)NC(=O)c1cc2c(s1)-c1ccccc1CC2. The van der Waals surface area contributed by atoms with Crippen LogP contribution in [-0.4, -0.2) is 31.3 Å². The predicted octanol–water partition coefficient (Wildman–Crippen LogP) is 4.21.